The number of rotatable bonds is 5. The second-order valence-corrected chi connectivity index (χ2v) is 5.98. The minimum absolute atomic E-state index is 0.0257. The molecule has 8 nitrogen and oxygen atoms in total. The lowest BCUT2D eigenvalue weighted by Crippen LogP contribution is -2.29. The molecule has 2 rings (SSSR count). The Labute approximate surface area is 122 Å². The van der Waals surface area contributed by atoms with Gasteiger partial charge in [-0.15, -0.1) is 16.4 Å². The Kier molecular flexibility index (Phi) is 4.57. The van der Waals surface area contributed by atoms with Crippen LogP contribution < -0.4 is 17.0 Å². The average Bonchev–Trinajstić information content (AvgIpc) is 3.02. The molecule has 2 aromatic heterocycles. The van der Waals surface area contributed by atoms with E-state index in [0.29, 0.717) is 15.9 Å². The molecule has 0 spiro atoms. The summed E-state index contributed by atoms with van der Waals surface area (Å²) in [6, 6.07) is 0.0257. The number of nitrogens with two attached hydrogens (primary N) is 1. The lowest BCUT2D eigenvalue weighted by Gasteiger charge is -2.07. The Morgan fingerprint density at radius 3 is 3.05 bits per heavy atom. The zero-order chi connectivity index (χ0) is 14.7. The largest absolute Gasteiger partial charge is 0.344 e. The lowest BCUT2D eigenvalue weighted by molar-refractivity contribution is 0.0953. The number of nitrogens with one attached hydrogen (secondary N) is 2. The van der Waals surface area contributed by atoms with Crippen molar-refractivity contribution in [3.63, 3.8) is 0 Å². The number of thiazole rings is 1. The first-order chi connectivity index (χ1) is 9.52. The second-order valence-electron chi connectivity index (χ2n) is 4.18. The molecule has 2 heterocycles. The molecule has 0 aliphatic carbocycles. The minimum atomic E-state index is -0.412. The molecule has 20 heavy (non-hydrogen) atoms. The van der Waals surface area contributed by atoms with Crippen molar-refractivity contribution in [1.82, 2.24) is 25.2 Å². The van der Waals surface area contributed by atoms with Crippen LogP contribution in [0.15, 0.2) is 15.3 Å². The first-order valence-electron chi connectivity index (χ1n) is 5.78. The quantitative estimate of drug-likeness (QED) is 0.320. The predicted molar refractivity (Wildman–Crippen MR) is 76.6 cm³/mol. The zero-order valence-corrected chi connectivity index (χ0v) is 12.5. The first kappa shape index (κ1) is 14.8. The highest BCUT2D eigenvalue weighted by molar-refractivity contribution is 7.98. The van der Waals surface area contributed by atoms with Gasteiger partial charge in [-0.25, -0.2) is 20.7 Å². The molecule has 0 bridgehead atoms. The predicted octanol–water partition coefficient (Wildman–Crippen LogP) is 0.505. The van der Waals surface area contributed by atoms with E-state index in [1.165, 1.54) is 23.1 Å². The number of hydrazine groups is 1. The van der Waals surface area contributed by atoms with Gasteiger partial charge >= 0.3 is 5.69 Å². The van der Waals surface area contributed by atoms with Gasteiger partial charge in [-0.2, -0.15) is 0 Å². The van der Waals surface area contributed by atoms with Crippen LogP contribution in [0.3, 0.4) is 0 Å². The van der Waals surface area contributed by atoms with E-state index in [1.54, 1.807) is 9.95 Å². The molecule has 0 unspecified atom stereocenters. The summed E-state index contributed by atoms with van der Waals surface area (Å²) in [4.78, 5) is 27.0. The molecule has 0 saturated heterocycles. The van der Waals surface area contributed by atoms with Crippen LogP contribution in [0.1, 0.15) is 35.4 Å². The van der Waals surface area contributed by atoms with Crippen molar-refractivity contribution in [3.05, 3.63) is 26.6 Å². The van der Waals surface area contributed by atoms with Gasteiger partial charge < -0.3 is 0 Å². The Morgan fingerprint density at radius 2 is 2.40 bits per heavy atom. The van der Waals surface area contributed by atoms with Crippen LogP contribution in [-0.4, -0.2) is 25.7 Å². The lowest BCUT2D eigenvalue weighted by atomic mass is 10.4. The van der Waals surface area contributed by atoms with Crippen LogP contribution in [0.2, 0.25) is 0 Å². The molecule has 0 radical (unpaired) electrons. The number of carbonyl (C=O) groups is 1. The highest BCUT2D eigenvalue weighted by Crippen LogP contribution is 2.22. The first-order valence-corrected chi connectivity index (χ1v) is 7.64. The van der Waals surface area contributed by atoms with Crippen LogP contribution in [0.25, 0.3) is 0 Å². The third kappa shape index (κ3) is 3.08. The Balaban J connectivity index is 2.08. The molecular weight excluding hydrogens is 300 g/mol. The van der Waals surface area contributed by atoms with Crippen molar-refractivity contribution < 1.29 is 4.79 Å². The maximum absolute atomic E-state index is 11.6. The van der Waals surface area contributed by atoms with Gasteiger partial charge in [-0.05, 0) is 13.8 Å². The summed E-state index contributed by atoms with van der Waals surface area (Å²) >= 11 is 2.60. The molecule has 2 aromatic rings. The van der Waals surface area contributed by atoms with Gasteiger partial charge in [0.2, 0.25) is 0 Å². The number of hydrogen-bond donors (Lipinski definition) is 3. The monoisotopic (exact) mass is 314 g/mol. The van der Waals surface area contributed by atoms with Crippen molar-refractivity contribution in [2.24, 2.45) is 5.84 Å². The highest BCUT2D eigenvalue weighted by atomic mass is 32.2. The topological polar surface area (TPSA) is 119 Å². The standard InChI is InChI=1S/C10H14N6O2S2/c1-5(2)16-9(18)14-15-10(16)20-4-6-3-19-8(12-6)7(17)13-11/h3,5H,4,11H2,1-2H3,(H,13,17)(H,14,18). The van der Waals surface area contributed by atoms with E-state index >= 15 is 0 Å². The van der Waals surface area contributed by atoms with E-state index in [-0.39, 0.29) is 11.7 Å². The summed E-state index contributed by atoms with van der Waals surface area (Å²) in [5.41, 5.74) is 2.54. The smallest absolute Gasteiger partial charge is 0.288 e. The Bertz CT molecular complexity index is 659. The summed E-state index contributed by atoms with van der Waals surface area (Å²) in [7, 11) is 0. The van der Waals surface area contributed by atoms with Crippen molar-refractivity contribution in [1.29, 1.82) is 0 Å². The van der Waals surface area contributed by atoms with Crippen molar-refractivity contribution in [2.45, 2.75) is 30.8 Å². The summed E-state index contributed by atoms with van der Waals surface area (Å²) < 4.78 is 1.57. The molecule has 0 aliphatic heterocycles. The van der Waals surface area contributed by atoms with E-state index in [0.717, 1.165) is 5.69 Å². The van der Waals surface area contributed by atoms with Gasteiger partial charge in [0.05, 0.1) is 5.69 Å². The number of thioether (sulfide) groups is 1. The van der Waals surface area contributed by atoms with E-state index in [1.807, 2.05) is 19.3 Å². The zero-order valence-electron chi connectivity index (χ0n) is 10.9. The Hall–Kier alpha value is -1.65. The molecule has 4 N–H and O–H groups in total. The van der Waals surface area contributed by atoms with E-state index in [4.69, 9.17) is 5.84 Å². The molecule has 0 fully saturated rings. The molecule has 0 saturated carbocycles. The van der Waals surface area contributed by atoms with Crippen LogP contribution >= 0.6 is 23.1 Å². The normalized spacial score (nSPS) is 11.0. The second kappa shape index (κ2) is 6.20. The van der Waals surface area contributed by atoms with Crippen LogP contribution in [0, 0.1) is 0 Å². The molecule has 10 heteroatoms. The van der Waals surface area contributed by atoms with Crippen LogP contribution in [0.4, 0.5) is 0 Å². The maximum atomic E-state index is 11.6. The van der Waals surface area contributed by atoms with E-state index in [2.05, 4.69) is 15.2 Å². The average molecular weight is 314 g/mol. The molecule has 0 aromatic carbocycles. The number of H-pyrrole nitrogens is 1. The van der Waals surface area contributed by atoms with Gasteiger partial charge in [0.1, 0.15) is 0 Å². The summed E-state index contributed by atoms with van der Waals surface area (Å²) in [5.74, 6) is 5.15. The number of nitrogen functional groups attached to an aromatic ring is 1. The number of carbonyl (C=O) groups excluding carboxylic acids is 1. The number of nitrogens with zero attached hydrogens (tertiary/aromatic N) is 3. The van der Waals surface area contributed by atoms with Crippen molar-refractivity contribution in [2.75, 3.05) is 0 Å². The fourth-order valence-corrected chi connectivity index (χ4v) is 3.32. The number of aromatic amines is 1. The molecule has 0 atom stereocenters. The molecule has 0 aliphatic rings. The summed E-state index contributed by atoms with van der Waals surface area (Å²) in [5, 5.41) is 9.09. The third-order valence-corrected chi connectivity index (χ3v) is 4.29. The van der Waals surface area contributed by atoms with Gasteiger partial charge in [-0.3, -0.25) is 14.8 Å². The minimum Gasteiger partial charge on any atom is -0.288 e. The van der Waals surface area contributed by atoms with Crippen LogP contribution in [0.5, 0.6) is 0 Å². The van der Waals surface area contributed by atoms with Gasteiger partial charge in [0, 0.05) is 17.2 Å². The number of hydrogen-bond acceptors (Lipinski definition) is 7. The van der Waals surface area contributed by atoms with Gasteiger partial charge in [-0.1, -0.05) is 11.8 Å². The fraction of sp³-hybridized carbons (Fsp3) is 0.400. The summed E-state index contributed by atoms with van der Waals surface area (Å²) in [6.07, 6.45) is 0. The fourth-order valence-electron chi connectivity index (χ4n) is 1.53. The highest BCUT2D eigenvalue weighted by Gasteiger charge is 2.14. The van der Waals surface area contributed by atoms with Gasteiger partial charge in [0.25, 0.3) is 5.91 Å². The van der Waals surface area contributed by atoms with Gasteiger partial charge in [0.15, 0.2) is 10.2 Å². The van der Waals surface area contributed by atoms with Crippen molar-refractivity contribution in [3.8, 4) is 0 Å². The Morgan fingerprint density at radius 1 is 1.65 bits per heavy atom. The molecule has 1 amide bonds. The number of aromatic nitrogens is 4. The van der Waals surface area contributed by atoms with E-state index in [9.17, 15) is 9.59 Å². The van der Waals surface area contributed by atoms with Crippen molar-refractivity contribution >= 4 is 29.0 Å². The number of amides is 1. The summed E-state index contributed by atoms with van der Waals surface area (Å²) in [6.45, 7) is 3.82. The molecular formula is C10H14N6O2S2. The SMILES string of the molecule is CC(C)n1c(SCc2csc(C(=O)NN)n2)n[nH]c1=O. The maximum Gasteiger partial charge on any atom is 0.344 e. The molecule has 108 valence electrons. The van der Waals surface area contributed by atoms with Crippen LogP contribution in [-0.2, 0) is 5.75 Å². The third-order valence-electron chi connectivity index (χ3n) is 2.41. The van der Waals surface area contributed by atoms with E-state index < -0.39 is 5.91 Å².